The van der Waals surface area contributed by atoms with E-state index in [1.807, 2.05) is 46.8 Å². The van der Waals surface area contributed by atoms with Gasteiger partial charge in [-0.05, 0) is 62.1 Å². The van der Waals surface area contributed by atoms with Crippen LogP contribution in [0.3, 0.4) is 0 Å². The normalized spacial score (nSPS) is 18.6. The van der Waals surface area contributed by atoms with E-state index in [2.05, 4.69) is 18.7 Å². The lowest BCUT2D eigenvalue weighted by atomic mass is 9.93. The third kappa shape index (κ3) is 3.80. The minimum atomic E-state index is -0.0107. The van der Waals surface area contributed by atoms with E-state index >= 15 is 0 Å². The number of para-hydroxylation sites is 1. The number of fused-ring (bicyclic) bond motifs is 1. The Hall–Kier alpha value is -3.12. The number of carbonyl (C=O) groups is 2. The van der Waals surface area contributed by atoms with Crippen molar-refractivity contribution in [2.45, 2.75) is 45.7 Å². The van der Waals surface area contributed by atoms with Gasteiger partial charge in [0, 0.05) is 35.3 Å². The van der Waals surface area contributed by atoms with Gasteiger partial charge in [-0.1, -0.05) is 43.6 Å². The predicted molar refractivity (Wildman–Crippen MR) is 132 cm³/mol. The molecule has 1 unspecified atom stereocenters. The lowest BCUT2D eigenvalue weighted by Gasteiger charge is -2.40. The number of halogens is 1. The molecule has 0 bridgehead atoms. The van der Waals surface area contributed by atoms with Gasteiger partial charge in [0.1, 0.15) is 5.69 Å². The first-order valence-corrected chi connectivity index (χ1v) is 12.3. The highest BCUT2D eigenvalue weighted by atomic mass is 35.5. The molecule has 0 saturated carbocycles. The second-order valence-electron chi connectivity index (χ2n) is 9.53. The van der Waals surface area contributed by atoms with Gasteiger partial charge in [0.25, 0.3) is 11.8 Å². The van der Waals surface area contributed by atoms with Crippen LogP contribution in [0.1, 0.15) is 64.8 Å². The predicted octanol–water partition coefficient (Wildman–Crippen LogP) is 5.29. The van der Waals surface area contributed by atoms with Crippen molar-refractivity contribution in [2.24, 2.45) is 5.92 Å². The molecule has 176 valence electrons. The molecular formula is C27H29ClN4O2. The first-order valence-electron chi connectivity index (χ1n) is 11.9. The summed E-state index contributed by atoms with van der Waals surface area (Å²) < 4.78 is 1.81. The highest BCUT2D eigenvalue weighted by Crippen LogP contribution is 2.44. The number of hydrogen-bond donors (Lipinski definition) is 0. The van der Waals surface area contributed by atoms with Crippen molar-refractivity contribution in [1.29, 1.82) is 0 Å². The summed E-state index contributed by atoms with van der Waals surface area (Å²) in [4.78, 5) is 30.8. The molecule has 1 saturated heterocycles. The average Bonchev–Trinajstić information content (AvgIpc) is 3.35. The van der Waals surface area contributed by atoms with Gasteiger partial charge >= 0.3 is 0 Å². The first-order chi connectivity index (χ1) is 16.4. The van der Waals surface area contributed by atoms with E-state index in [4.69, 9.17) is 16.7 Å². The quantitative estimate of drug-likeness (QED) is 0.514. The minimum Gasteiger partial charge on any atom is -0.338 e. The van der Waals surface area contributed by atoms with Crippen molar-refractivity contribution in [3.05, 3.63) is 82.1 Å². The number of hydrogen-bond acceptors (Lipinski definition) is 3. The highest BCUT2D eigenvalue weighted by molar-refractivity contribution is 6.30. The molecule has 2 aliphatic heterocycles. The number of likely N-dealkylation sites (tertiary alicyclic amines) is 1. The molecule has 1 fully saturated rings. The maximum Gasteiger partial charge on any atom is 0.273 e. The van der Waals surface area contributed by atoms with Crippen LogP contribution in [0.25, 0.3) is 5.69 Å². The summed E-state index contributed by atoms with van der Waals surface area (Å²) in [5.41, 5.74) is 4.17. The second kappa shape index (κ2) is 8.91. The summed E-state index contributed by atoms with van der Waals surface area (Å²) in [6.45, 7) is 7.58. The zero-order valence-corrected chi connectivity index (χ0v) is 20.5. The smallest absolute Gasteiger partial charge is 0.273 e. The van der Waals surface area contributed by atoms with Crippen LogP contribution in [0, 0.1) is 12.8 Å². The lowest BCUT2D eigenvalue weighted by Crippen LogP contribution is -2.49. The second-order valence-corrected chi connectivity index (χ2v) is 9.96. The molecular weight excluding hydrogens is 448 g/mol. The van der Waals surface area contributed by atoms with Crippen LogP contribution < -0.4 is 0 Å². The van der Waals surface area contributed by atoms with Crippen LogP contribution in [-0.2, 0) is 0 Å². The van der Waals surface area contributed by atoms with Crippen LogP contribution in [-0.4, -0.2) is 50.5 Å². The number of carbonyl (C=O) groups excluding carboxylic acids is 2. The minimum absolute atomic E-state index is 0.0107. The Morgan fingerprint density at radius 3 is 2.29 bits per heavy atom. The van der Waals surface area contributed by atoms with Crippen molar-refractivity contribution in [3.63, 3.8) is 0 Å². The molecule has 0 radical (unpaired) electrons. The van der Waals surface area contributed by atoms with E-state index in [9.17, 15) is 9.59 Å². The number of aryl methyl sites for hydroxylation is 1. The fourth-order valence-electron chi connectivity index (χ4n) is 5.41. The third-order valence-corrected chi connectivity index (χ3v) is 7.26. The van der Waals surface area contributed by atoms with Gasteiger partial charge in [0.15, 0.2) is 0 Å². The molecule has 5 rings (SSSR count). The average molecular weight is 477 g/mol. The van der Waals surface area contributed by atoms with E-state index in [0.717, 1.165) is 29.8 Å². The first kappa shape index (κ1) is 22.7. The fraction of sp³-hybridized carbons (Fsp3) is 0.370. The van der Waals surface area contributed by atoms with Gasteiger partial charge in [0.05, 0.1) is 17.4 Å². The fourth-order valence-corrected chi connectivity index (χ4v) is 5.54. The Morgan fingerprint density at radius 1 is 1.03 bits per heavy atom. The van der Waals surface area contributed by atoms with Gasteiger partial charge in [-0.25, -0.2) is 4.68 Å². The largest absolute Gasteiger partial charge is 0.338 e. The summed E-state index contributed by atoms with van der Waals surface area (Å²) in [5, 5.41) is 5.36. The van der Waals surface area contributed by atoms with Crippen LogP contribution in [0.15, 0.2) is 54.6 Å². The van der Waals surface area contributed by atoms with E-state index < -0.39 is 0 Å². The maximum atomic E-state index is 13.9. The molecule has 6 nitrogen and oxygen atoms in total. The molecule has 3 aromatic rings. The maximum absolute atomic E-state index is 13.9. The van der Waals surface area contributed by atoms with Gasteiger partial charge < -0.3 is 9.80 Å². The standard InChI is InChI=1S/C27H29ClN4O2/c1-17(2)24-23-18(3)29-32(22-7-5-4-6-8-22)25(23)27(34)31(24)21-13-15-30(16-14-21)26(33)19-9-11-20(28)12-10-19/h4-12,17,21,24H,13-16H2,1-3H3. The van der Waals surface area contributed by atoms with E-state index in [0.29, 0.717) is 29.4 Å². The molecule has 0 N–H and O–H groups in total. The monoisotopic (exact) mass is 476 g/mol. The number of rotatable bonds is 4. The highest BCUT2D eigenvalue weighted by Gasteiger charge is 2.47. The Morgan fingerprint density at radius 2 is 1.68 bits per heavy atom. The molecule has 2 aliphatic rings. The Bertz CT molecular complexity index is 1210. The van der Waals surface area contributed by atoms with Crippen LogP contribution in [0.5, 0.6) is 0 Å². The molecule has 0 aliphatic carbocycles. The number of nitrogens with zero attached hydrogens (tertiary/aromatic N) is 4. The number of benzene rings is 2. The molecule has 3 heterocycles. The zero-order valence-electron chi connectivity index (χ0n) is 19.7. The zero-order chi connectivity index (χ0) is 24.0. The van der Waals surface area contributed by atoms with Gasteiger partial charge in [0.2, 0.25) is 0 Å². The molecule has 2 aromatic carbocycles. The van der Waals surface area contributed by atoms with Crippen LogP contribution >= 0.6 is 11.6 Å². The SMILES string of the molecule is Cc1nn(-c2ccccc2)c2c1C(C(C)C)N(C1CCN(C(=O)c3ccc(Cl)cc3)CC1)C2=O. The third-order valence-electron chi connectivity index (χ3n) is 7.01. The number of amides is 2. The molecule has 1 aromatic heterocycles. The molecule has 1 atom stereocenters. The summed E-state index contributed by atoms with van der Waals surface area (Å²) in [7, 11) is 0. The Balaban J connectivity index is 1.39. The van der Waals surface area contributed by atoms with E-state index in [1.54, 1.807) is 24.3 Å². The van der Waals surface area contributed by atoms with Crippen LogP contribution in [0.4, 0.5) is 0 Å². The summed E-state index contributed by atoms with van der Waals surface area (Å²) in [5.74, 6) is 0.314. The molecule has 2 amide bonds. The Labute approximate surface area is 205 Å². The molecule has 0 spiro atoms. The number of piperidine rings is 1. The van der Waals surface area contributed by atoms with Crippen LogP contribution in [0.2, 0.25) is 5.02 Å². The van der Waals surface area contributed by atoms with Crippen molar-refractivity contribution >= 4 is 23.4 Å². The summed E-state index contributed by atoms with van der Waals surface area (Å²) >= 11 is 5.97. The van der Waals surface area contributed by atoms with E-state index in [1.165, 1.54) is 0 Å². The summed E-state index contributed by atoms with van der Waals surface area (Å²) in [6.07, 6.45) is 1.52. The van der Waals surface area contributed by atoms with Gasteiger partial charge in [-0.3, -0.25) is 9.59 Å². The Kier molecular flexibility index (Phi) is 5.94. The van der Waals surface area contributed by atoms with E-state index in [-0.39, 0.29) is 29.8 Å². The van der Waals surface area contributed by atoms with Crippen molar-refractivity contribution in [3.8, 4) is 5.69 Å². The molecule has 34 heavy (non-hydrogen) atoms. The number of aromatic nitrogens is 2. The van der Waals surface area contributed by atoms with Crippen molar-refractivity contribution in [2.75, 3.05) is 13.1 Å². The topological polar surface area (TPSA) is 58.4 Å². The van der Waals surface area contributed by atoms with Gasteiger partial charge in [-0.2, -0.15) is 5.10 Å². The molecule has 7 heteroatoms. The van der Waals surface area contributed by atoms with Crippen molar-refractivity contribution < 1.29 is 9.59 Å². The lowest BCUT2D eigenvalue weighted by molar-refractivity contribution is 0.0393. The van der Waals surface area contributed by atoms with Gasteiger partial charge in [-0.15, -0.1) is 0 Å². The van der Waals surface area contributed by atoms with Crippen molar-refractivity contribution in [1.82, 2.24) is 19.6 Å². The summed E-state index contributed by atoms with van der Waals surface area (Å²) in [6, 6.07) is 16.9.